The van der Waals surface area contributed by atoms with Gasteiger partial charge in [0.1, 0.15) is 11.5 Å². The van der Waals surface area contributed by atoms with Gasteiger partial charge >= 0.3 is 0 Å². The zero-order valence-electron chi connectivity index (χ0n) is 17.3. The van der Waals surface area contributed by atoms with Gasteiger partial charge in [-0.2, -0.15) is 0 Å². The van der Waals surface area contributed by atoms with Crippen LogP contribution < -0.4 is 4.74 Å². The largest absolute Gasteiger partial charge is 0.508 e. The van der Waals surface area contributed by atoms with E-state index in [9.17, 15) is 9.90 Å². The fraction of sp³-hybridized carbons (Fsp3) is 0.192. The van der Waals surface area contributed by atoms with Crippen molar-refractivity contribution in [3.8, 4) is 11.5 Å². The Morgan fingerprint density at radius 2 is 1.87 bits per heavy atom. The molecule has 156 valence electrons. The van der Waals surface area contributed by atoms with Crippen molar-refractivity contribution in [1.29, 1.82) is 0 Å². The maximum absolute atomic E-state index is 13.4. The molecule has 1 amide bonds. The minimum Gasteiger partial charge on any atom is -0.508 e. The number of nitrogens with zero attached hydrogens (tertiary/aromatic N) is 1. The molecule has 0 bridgehead atoms. The Morgan fingerprint density at radius 3 is 2.61 bits per heavy atom. The third kappa shape index (κ3) is 3.52. The summed E-state index contributed by atoms with van der Waals surface area (Å²) in [6.07, 6.45) is 1.11. The lowest BCUT2D eigenvalue weighted by Crippen LogP contribution is -2.41. The van der Waals surface area contributed by atoms with Gasteiger partial charge in [0, 0.05) is 23.1 Å². The van der Waals surface area contributed by atoms with Gasteiger partial charge in [-0.25, -0.2) is 0 Å². The van der Waals surface area contributed by atoms with E-state index < -0.39 is 0 Å². The fourth-order valence-electron chi connectivity index (χ4n) is 4.55. The first-order valence-electron chi connectivity index (χ1n) is 10.4. The zero-order chi connectivity index (χ0) is 21.4. The van der Waals surface area contributed by atoms with Gasteiger partial charge in [0.2, 0.25) is 5.91 Å². The molecule has 0 spiro atoms. The minimum absolute atomic E-state index is 0.0965. The summed E-state index contributed by atoms with van der Waals surface area (Å²) >= 11 is 0. The van der Waals surface area contributed by atoms with Crippen LogP contribution in [-0.4, -0.2) is 34.6 Å². The Kier molecular flexibility index (Phi) is 4.86. The van der Waals surface area contributed by atoms with Gasteiger partial charge in [0.15, 0.2) is 0 Å². The summed E-state index contributed by atoms with van der Waals surface area (Å²) < 4.78 is 5.32. The van der Waals surface area contributed by atoms with Gasteiger partial charge in [-0.15, -0.1) is 0 Å². The van der Waals surface area contributed by atoms with Crippen LogP contribution in [0.5, 0.6) is 11.5 Å². The molecule has 1 atom stereocenters. The lowest BCUT2D eigenvalue weighted by molar-refractivity contribution is -0.132. The molecule has 0 saturated heterocycles. The van der Waals surface area contributed by atoms with Crippen LogP contribution in [0.4, 0.5) is 0 Å². The molecule has 1 aliphatic rings. The predicted molar refractivity (Wildman–Crippen MR) is 120 cm³/mol. The number of amides is 1. The number of phenols is 1. The first kappa shape index (κ1) is 19.2. The molecule has 4 aromatic rings. The van der Waals surface area contributed by atoms with Crippen molar-refractivity contribution < 1.29 is 14.6 Å². The minimum atomic E-state index is -0.222. The van der Waals surface area contributed by atoms with Gasteiger partial charge in [-0.1, -0.05) is 42.5 Å². The van der Waals surface area contributed by atoms with Gasteiger partial charge in [0.25, 0.3) is 0 Å². The van der Waals surface area contributed by atoms with Crippen molar-refractivity contribution in [2.45, 2.75) is 18.9 Å². The maximum atomic E-state index is 13.4. The molecule has 1 aromatic heterocycles. The second-order valence-corrected chi connectivity index (χ2v) is 7.92. The maximum Gasteiger partial charge on any atom is 0.227 e. The van der Waals surface area contributed by atoms with Crippen LogP contribution in [0.3, 0.4) is 0 Å². The molecular formula is C26H24N2O3. The molecule has 1 aliphatic heterocycles. The molecule has 0 saturated carbocycles. The number of methoxy groups -OCH3 is 1. The number of carbonyl (C=O) groups excluding carboxylic acids is 1. The Hall–Kier alpha value is -3.73. The van der Waals surface area contributed by atoms with Gasteiger partial charge < -0.3 is 19.7 Å². The molecule has 2 heterocycles. The monoisotopic (exact) mass is 412 g/mol. The van der Waals surface area contributed by atoms with E-state index >= 15 is 0 Å². The molecule has 1 unspecified atom stereocenters. The summed E-state index contributed by atoms with van der Waals surface area (Å²) in [4.78, 5) is 18.9. The number of H-pyrrole nitrogens is 1. The van der Waals surface area contributed by atoms with Crippen molar-refractivity contribution in [2.75, 3.05) is 13.7 Å². The highest BCUT2D eigenvalue weighted by Gasteiger charge is 2.34. The van der Waals surface area contributed by atoms with E-state index in [0.717, 1.165) is 45.5 Å². The number of aromatic nitrogens is 1. The van der Waals surface area contributed by atoms with Crippen LogP contribution in [0, 0.1) is 0 Å². The van der Waals surface area contributed by atoms with Crippen LogP contribution in [0.2, 0.25) is 0 Å². The Bertz CT molecular complexity index is 1230. The summed E-state index contributed by atoms with van der Waals surface area (Å²) in [5.41, 5.74) is 5.18. The lowest BCUT2D eigenvalue weighted by atomic mass is 9.91. The average molecular weight is 412 g/mol. The average Bonchev–Trinajstić information content (AvgIpc) is 3.17. The predicted octanol–water partition coefficient (Wildman–Crippen LogP) is 4.60. The number of fused-ring (bicyclic) bond motifs is 3. The smallest absolute Gasteiger partial charge is 0.227 e. The van der Waals surface area contributed by atoms with Crippen molar-refractivity contribution >= 4 is 16.8 Å². The van der Waals surface area contributed by atoms with E-state index in [1.807, 2.05) is 65.6 Å². The number of aromatic hydroxyl groups is 1. The normalized spacial score (nSPS) is 15.6. The van der Waals surface area contributed by atoms with Crippen LogP contribution >= 0.6 is 0 Å². The van der Waals surface area contributed by atoms with E-state index in [2.05, 4.69) is 4.98 Å². The molecule has 0 fully saturated rings. The van der Waals surface area contributed by atoms with Crippen molar-refractivity contribution in [3.63, 3.8) is 0 Å². The summed E-state index contributed by atoms with van der Waals surface area (Å²) in [6.45, 7) is 0.623. The Labute approximate surface area is 180 Å². The van der Waals surface area contributed by atoms with Crippen LogP contribution in [0.25, 0.3) is 10.9 Å². The van der Waals surface area contributed by atoms with Crippen LogP contribution in [-0.2, 0) is 17.6 Å². The molecule has 5 nitrogen and oxygen atoms in total. The number of rotatable bonds is 4. The van der Waals surface area contributed by atoms with Crippen molar-refractivity contribution in [3.05, 3.63) is 95.2 Å². The second kappa shape index (κ2) is 7.84. The van der Waals surface area contributed by atoms with Crippen molar-refractivity contribution in [2.24, 2.45) is 0 Å². The number of carbonyl (C=O) groups is 1. The van der Waals surface area contributed by atoms with Crippen LogP contribution in [0.1, 0.15) is 28.4 Å². The highest BCUT2D eigenvalue weighted by molar-refractivity contribution is 5.88. The number of benzene rings is 3. The molecule has 2 N–H and O–H groups in total. The highest BCUT2D eigenvalue weighted by Crippen LogP contribution is 2.39. The zero-order valence-corrected chi connectivity index (χ0v) is 17.3. The highest BCUT2D eigenvalue weighted by atomic mass is 16.5. The Balaban J connectivity index is 1.59. The topological polar surface area (TPSA) is 65.6 Å². The molecule has 3 aromatic carbocycles. The SMILES string of the molecule is COc1ccc(C2c3[nH]c4ccc(O)cc4c3CCN2C(=O)Cc2ccccc2)cc1. The van der Waals surface area contributed by atoms with Crippen LogP contribution in [0.15, 0.2) is 72.8 Å². The van der Waals surface area contributed by atoms with E-state index in [-0.39, 0.29) is 17.7 Å². The van der Waals surface area contributed by atoms with Crippen molar-refractivity contribution in [1.82, 2.24) is 9.88 Å². The number of nitrogens with one attached hydrogen (secondary N) is 1. The quantitative estimate of drug-likeness (QED) is 0.515. The summed E-state index contributed by atoms with van der Waals surface area (Å²) in [5.74, 6) is 1.13. The molecule has 0 aliphatic carbocycles. The summed E-state index contributed by atoms with van der Waals surface area (Å²) in [5, 5.41) is 11.0. The summed E-state index contributed by atoms with van der Waals surface area (Å²) in [7, 11) is 1.65. The third-order valence-electron chi connectivity index (χ3n) is 6.06. The fourth-order valence-corrected chi connectivity index (χ4v) is 4.55. The number of ether oxygens (including phenoxy) is 1. The molecule has 5 heteroatoms. The second-order valence-electron chi connectivity index (χ2n) is 7.92. The molecule has 0 radical (unpaired) electrons. The van der Waals surface area contributed by atoms with E-state index in [0.29, 0.717) is 13.0 Å². The number of hydrogen-bond donors (Lipinski definition) is 2. The first-order chi connectivity index (χ1) is 15.1. The number of phenolic OH excluding ortho intramolecular Hbond substituents is 1. The number of hydrogen-bond acceptors (Lipinski definition) is 3. The molecule has 5 rings (SSSR count). The lowest BCUT2D eigenvalue weighted by Gasteiger charge is -2.36. The summed E-state index contributed by atoms with van der Waals surface area (Å²) in [6, 6.07) is 22.9. The molecular weight excluding hydrogens is 388 g/mol. The van der Waals surface area contributed by atoms with Gasteiger partial charge in [-0.3, -0.25) is 4.79 Å². The van der Waals surface area contributed by atoms with Gasteiger partial charge in [0.05, 0.1) is 19.6 Å². The van der Waals surface area contributed by atoms with Gasteiger partial charge in [-0.05, 0) is 53.4 Å². The van der Waals surface area contributed by atoms with E-state index in [1.54, 1.807) is 19.2 Å². The first-order valence-corrected chi connectivity index (χ1v) is 10.4. The third-order valence-corrected chi connectivity index (χ3v) is 6.06. The van der Waals surface area contributed by atoms with E-state index in [4.69, 9.17) is 4.74 Å². The standard InChI is InChI=1S/C26H24N2O3/c1-31-20-10-7-18(8-11-20)26-25-21(22-16-19(29)9-12-23(22)27-25)13-14-28(26)24(30)15-17-5-3-2-4-6-17/h2-12,16,26-27,29H,13-15H2,1H3. The number of aromatic amines is 1. The molecule has 31 heavy (non-hydrogen) atoms. The van der Waals surface area contributed by atoms with E-state index in [1.165, 1.54) is 0 Å². The Morgan fingerprint density at radius 1 is 1.10 bits per heavy atom.